The minimum Gasteiger partial charge on any atom is -0.379 e. The highest BCUT2D eigenvalue weighted by molar-refractivity contribution is 6.34. The van der Waals surface area contributed by atoms with Crippen LogP contribution in [0, 0.1) is 0 Å². The Bertz CT molecular complexity index is 660. The Hall–Kier alpha value is -1.83. The molecule has 0 spiro atoms. The highest BCUT2D eigenvalue weighted by atomic mass is 35.5. The average Bonchev–Trinajstić information content (AvgIpc) is 3.46. The second-order valence-electron chi connectivity index (χ2n) is 6.98. The molecule has 0 radical (unpaired) electrons. The molecule has 2 fully saturated rings. The van der Waals surface area contributed by atoms with E-state index in [1.807, 2.05) is 0 Å². The van der Waals surface area contributed by atoms with Gasteiger partial charge in [0.2, 0.25) is 0 Å². The van der Waals surface area contributed by atoms with Crippen molar-refractivity contribution in [1.29, 1.82) is 0 Å². The molecule has 7 nitrogen and oxygen atoms in total. The highest BCUT2D eigenvalue weighted by Crippen LogP contribution is 2.24. The summed E-state index contributed by atoms with van der Waals surface area (Å²) >= 11 is 6.18. The molecule has 0 aromatic heterocycles. The predicted octanol–water partition coefficient (Wildman–Crippen LogP) is 2.47. The van der Waals surface area contributed by atoms with Gasteiger partial charge in [-0.2, -0.15) is 0 Å². The number of nitrogens with one attached hydrogen (secondary N) is 3. The van der Waals surface area contributed by atoms with Crippen LogP contribution in [0.3, 0.4) is 0 Å². The van der Waals surface area contributed by atoms with Crippen LogP contribution >= 0.6 is 11.6 Å². The van der Waals surface area contributed by atoms with Crippen molar-refractivity contribution in [2.45, 2.75) is 31.7 Å². The van der Waals surface area contributed by atoms with Gasteiger partial charge in [-0.3, -0.25) is 9.69 Å². The van der Waals surface area contributed by atoms with E-state index in [1.54, 1.807) is 18.2 Å². The molecule has 3 rings (SSSR count). The third-order valence-corrected chi connectivity index (χ3v) is 4.99. The molecule has 3 amide bonds. The van der Waals surface area contributed by atoms with Gasteiger partial charge >= 0.3 is 6.03 Å². The van der Waals surface area contributed by atoms with Gasteiger partial charge in [-0.25, -0.2) is 4.79 Å². The molecule has 0 unspecified atom stereocenters. The Morgan fingerprint density at radius 2 is 1.96 bits per heavy atom. The van der Waals surface area contributed by atoms with E-state index < -0.39 is 0 Å². The zero-order valence-electron chi connectivity index (χ0n) is 15.4. The maximum Gasteiger partial charge on any atom is 0.319 e. The van der Waals surface area contributed by atoms with E-state index in [2.05, 4.69) is 20.9 Å². The first-order valence-corrected chi connectivity index (χ1v) is 9.95. The lowest BCUT2D eigenvalue weighted by Gasteiger charge is -2.26. The van der Waals surface area contributed by atoms with Crippen LogP contribution in [0.4, 0.5) is 10.5 Å². The number of carbonyl (C=O) groups excluding carboxylic acids is 2. The van der Waals surface area contributed by atoms with Crippen LogP contribution in [0.5, 0.6) is 0 Å². The van der Waals surface area contributed by atoms with Crippen LogP contribution in [-0.4, -0.2) is 62.3 Å². The summed E-state index contributed by atoms with van der Waals surface area (Å²) in [7, 11) is 0. The van der Waals surface area contributed by atoms with Crippen LogP contribution in [0.2, 0.25) is 5.02 Å². The number of amides is 3. The molecule has 27 heavy (non-hydrogen) atoms. The lowest BCUT2D eigenvalue weighted by molar-refractivity contribution is 0.0372. The van der Waals surface area contributed by atoms with E-state index in [0.29, 0.717) is 22.8 Å². The maximum atomic E-state index is 12.1. The summed E-state index contributed by atoms with van der Waals surface area (Å²) in [5.41, 5.74) is 0.992. The Balaban J connectivity index is 1.34. The van der Waals surface area contributed by atoms with Gasteiger partial charge in [0.15, 0.2) is 0 Å². The number of nitrogens with zero attached hydrogens (tertiary/aromatic N) is 1. The summed E-state index contributed by atoms with van der Waals surface area (Å²) in [5, 5.41) is 8.82. The van der Waals surface area contributed by atoms with Crippen molar-refractivity contribution >= 4 is 29.2 Å². The molecule has 1 saturated carbocycles. The molecule has 0 bridgehead atoms. The van der Waals surface area contributed by atoms with Gasteiger partial charge in [0, 0.05) is 31.4 Å². The lowest BCUT2D eigenvalue weighted by atomic mass is 10.2. The Kier molecular flexibility index (Phi) is 7.32. The Morgan fingerprint density at radius 1 is 1.19 bits per heavy atom. The molecule has 2 aliphatic rings. The molecule has 1 aromatic carbocycles. The first-order valence-electron chi connectivity index (χ1n) is 9.57. The first-order chi connectivity index (χ1) is 13.1. The molecule has 1 saturated heterocycles. The number of benzene rings is 1. The van der Waals surface area contributed by atoms with E-state index >= 15 is 0 Å². The topological polar surface area (TPSA) is 82.7 Å². The number of hydrogen-bond acceptors (Lipinski definition) is 4. The molecule has 1 aromatic rings. The van der Waals surface area contributed by atoms with E-state index in [-0.39, 0.29) is 18.0 Å². The zero-order chi connectivity index (χ0) is 19.1. The molecular weight excluding hydrogens is 368 g/mol. The summed E-state index contributed by atoms with van der Waals surface area (Å²) < 4.78 is 5.33. The van der Waals surface area contributed by atoms with Gasteiger partial charge in [0.25, 0.3) is 5.91 Å². The molecule has 0 atom stereocenters. The first kappa shape index (κ1) is 19.9. The van der Waals surface area contributed by atoms with Gasteiger partial charge in [-0.15, -0.1) is 0 Å². The van der Waals surface area contributed by atoms with Gasteiger partial charge in [-0.05, 0) is 50.4 Å². The summed E-state index contributed by atoms with van der Waals surface area (Å²) in [6, 6.07) is 4.93. The minimum absolute atomic E-state index is 0.168. The number of rotatable bonds is 8. The molecule has 148 valence electrons. The summed E-state index contributed by atoms with van der Waals surface area (Å²) in [5.74, 6) is -0.168. The number of ether oxygens (including phenoxy) is 1. The molecule has 1 aliphatic heterocycles. The minimum atomic E-state index is -0.271. The Morgan fingerprint density at radius 3 is 2.67 bits per heavy atom. The SMILES string of the molecule is O=C(NCCCCN1CCOCC1)Nc1ccc(C(=O)NC2CC2)c(Cl)c1. The normalized spacial score (nSPS) is 17.4. The van der Waals surface area contributed by atoms with Gasteiger partial charge in [0.1, 0.15) is 0 Å². The fourth-order valence-corrected chi connectivity index (χ4v) is 3.20. The second kappa shape index (κ2) is 9.92. The standard InChI is InChI=1S/C19H27ClN4O3/c20-17-13-15(5-6-16(17)18(25)22-14-3-4-14)23-19(26)21-7-1-2-8-24-9-11-27-12-10-24/h5-6,13-14H,1-4,7-12H2,(H,22,25)(H2,21,23,26). The number of carbonyl (C=O) groups is 2. The lowest BCUT2D eigenvalue weighted by Crippen LogP contribution is -2.37. The molecule has 8 heteroatoms. The third-order valence-electron chi connectivity index (χ3n) is 4.67. The fraction of sp³-hybridized carbons (Fsp3) is 0.579. The molecule has 1 aliphatic carbocycles. The van der Waals surface area contributed by atoms with Crippen LogP contribution in [0.25, 0.3) is 0 Å². The molecule has 3 N–H and O–H groups in total. The largest absolute Gasteiger partial charge is 0.379 e. The van der Waals surface area contributed by atoms with Crippen molar-refractivity contribution in [3.05, 3.63) is 28.8 Å². The van der Waals surface area contributed by atoms with Crippen molar-refractivity contribution in [3.8, 4) is 0 Å². The number of unbranched alkanes of at least 4 members (excludes halogenated alkanes) is 1. The van der Waals surface area contributed by atoms with E-state index in [1.165, 1.54) is 0 Å². The van der Waals surface area contributed by atoms with E-state index in [9.17, 15) is 9.59 Å². The summed E-state index contributed by atoms with van der Waals surface area (Å²) in [4.78, 5) is 26.4. The molecular formula is C19H27ClN4O3. The highest BCUT2D eigenvalue weighted by Gasteiger charge is 2.24. The van der Waals surface area contributed by atoms with Crippen molar-refractivity contribution in [2.24, 2.45) is 0 Å². The monoisotopic (exact) mass is 394 g/mol. The van der Waals surface area contributed by atoms with Crippen LogP contribution in [0.1, 0.15) is 36.0 Å². The second-order valence-corrected chi connectivity index (χ2v) is 7.39. The van der Waals surface area contributed by atoms with Crippen LogP contribution < -0.4 is 16.0 Å². The quantitative estimate of drug-likeness (QED) is 0.591. The number of anilines is 1. The van der Waals surface area contributed by atoms with Crippen molar-refractivity contribution < 1.29 is 14.3 Å². The van der Waals surface area contributed by atoms with Crippen LogP contribution in [-0.2, 0) is 4.74 Å². The average molecular weight is 395 g/mol. The number of hydrogen-bond donors (Lipinski definition) is 3. The van der Waals surface area contributed by atoms with Crippen molar-refractivity contribution in [2.75, 3.05) is 44.7 Å². The Labute approximate surface area is 164 Å². The van der Waals surface area contributed by atoms with Gasteiger partial charge in [0.05, 0.1) is 23.8 Å². The fourth-order valence-electron chi connectivity index (χ4n) is 2.93. The van der Waals surface area contributed by atoms with E-state index in [0.717, 1.165) is 58.5 Å². The zero-order valence-corrected chi connectivity index (χ0v) is 16.2. The van der Waals surface area contributed by atoms with Gasteiger partial charge < -0.3 is 20.7 Å². The van der Waals surface area contributed by atoms with Gasteiger partial charge in [-0.1, -0.05) is 11.6 Å². The van der Waals surface area contributed by atoms with E-state index in [4.69, 9.17) is 16.3 Å². The maximum absolute atomic E-state index is 12.1. The predicted molar refractivity (Wildman–Crippen MR) is 105 cm³/mol. The smallest absolute Gasteiger partial charge is 0.319 e. The van der Waals surface area contributed by atoms with Crippen molar-refractivity contribution in [3.63, 3.8) is 0 Å². The number of urea groups is 1. The van der Waals surface area contributed by atoms with Crippen molar-refractivity contribution in [1.82, 2.24) is 15.5 Å². The summed E-state index contributed by atoms with van der Waals surface area (Å²) in [6.45, 7) is 5.25. The number of morpholine rings is 1. The number of halogens is 1. The summed E-state index contributed by atoms with van der Waals surface area (Å²) in [6.07, 6.45) is 4.01. The third kappa shape index (κ3) is 6.68. The van der Waals surface area contributed by atoms with Crippen LogP contribution in [0.15, 0.2) is 18.2 Å². The molecule has 1 heterocycles.